The largest absolute Gasteiger partial charge is 0.372 e. The van der Waals surface area contributed by atoms with Crippen molar-refractivity contribution in [2.75, 3.05) is 32.1 Å². The summed E-state index contributed by atoms with van der Waals surface area (Å²) in [7, 11) is -0.691. The van der Waals surface area contributed by atoms with Gasteiger partial charge in [0.2, 0.25) is 10.0 Å². The predicted molar refractivity (Wildman–Crippen MR) is 124 cm³/mol. The fourth-order valence-corrected chi connectivity index (χ4v) is 5.00. The minimum absolute atomic E-state index is 0.146. The van der Waals surface area contributed by atoms with E-state index in [9.17, 15) is 13.2 Å². The lowest BCUT2D eigenvalue weighted by molar-refractivity contribution is -0.00546. The number of carbonyl (C=O) groups is 1. The molecule has 1 saturated heterocycles. The van der Waals surface area contributed by atoms with Gasteiger partial charge < -0.3 is 15.0 Å². The summed E-state index contributed by atoms with van der Waals surface area (Å²) in [6.45, 7) is 9.53. The van der Waals surface area contributed by atoms with E-state index in [1.165, 1.54) is 20.2 Å². The van der Waals surface area contributed by atoms with Crippen molar-refractivity contribution >= 4 is 21.7 Å². The van der Waals surface area contributed by atoms with Crippen molar-refractivity contribution in [3.05, 3.63) is 52.7 Å². The summed E-state index contributed by atoms with van der Waals surface area (Å²) < 4.78 is 32.2. The van der Waals surface area contributed by atoms with Crippen LogP contribution in [0.2, 0.25) is 0 Å². The third kappa shape index (κ3) is 5.28. The van der Waals surface area contributed by atoms with Crippen LogP contribution in [0.4, 0.5) is 5.82 Å². The van der Waals surface area contributed by atoms with Crippen molar-refractivity contribution in [1.82, 2.24) is 14.6 Å². The fraction of sp³-hybridized carbons (Fsp3) is 0.478. The number of rotatable bonds is 6. The maximum Gasteiger partial charge on any atom is 0.251 e. The molecule has 0 bridgehead atoms. The van der Waals surface area contributed by atoms with E-state index < -0.39 is 10.0 Å². The highest BCUT2D eigenvalue weighted by molar-refractivity contribution is 7.89. The molecule has 1 N–H and O–H groups in total. The van der Waals surface area contributed by atoms with E-state index in [4.69, 9.17) is 4.74 Å². The van der Waals surface area contributed by atoms with Crippen molar-refractivity contribution in [2.24, 2.45) is 0 Å². The summed E-state index contributed by atoms with van der Waals surface area (Å²) in [5.74, 6) is 0.554. The smallest absolute Gasteiger partial charge is 0.251 e. The second kappa shape index (κ2) is 9.56. The summed E-state index contributed by atoms with van der Waals surface area (Å²) in [6, 6.07) is 7.04. The van der Waals surface area contributed by atoms with Gasteiger partial charge in [-0.3, -0.25) is 4.79 Å². The van der Waals surface area contributed by atoms with Crippen LogP contribution in [0.1, 0.15) is 40.9 Å². The van der Waals surface area contributed by atoms with E-state index in [0.717, 1.165) is 34.3 Å². The van der Waals surface area contributed by atoms with Crippen molar-refractivity contribution in [3.8, 4) is 0 Å². The number of hydrogen-bond donors (Lipinski definition) is 1. The lowest BCUT2D eigenvalue weighted by atomic mass is 10.1. The van der Waals surface area contributed by atoms with Gasteiger partial charge in [0.15, 0.2) is 0 Å². The molecule has 0 saturated carbocycles. The molecule has 1 fully saturated rings. The maximum absolute atomic E-state index is 12.8. The Hall–Kier alpha value is -2.49. The van der Waals surface area contributed by atoms with Crippen molar-refractivity contribution in [3.63, 3.8) is 0 Å². The number of pyridine rings is 1. The Labute approximate surface area is 190 Å². The van der Waals surface area contributed by atoms with Crippen molar-refractivity contribution < 1.29 is 17.9 Å². The summed E-state index contributed by atoms with van der Waals surface area (Å²) in [4.78, 5) is 19.6. The Bertz CT molecular complexity index is 1070. The van der Waals surface area contributed by atoms with Gasteiger partial charge in [-0.15, -0.1) is 0 Å². The van der Waals surface area contributed by atoms with Crippen LogP contribution in [-0.4, -0.2) is 63.0 Å². The zero-order valence-corrected chi connectivity index (χ0v) is 20.4. The number of carbonyl (C=O) groups excluding carboxylic acids is 1. The molecule has 3 rings (SSSR count). The van der Waals surface area contributed by atoms with Crippen LogP contribution in [0.3, 0.4) is 0 Å². The average Bonchev–Trinajstić information content (AvgIpc) is 2.73. The Morgan fingerprint density at radius 1 is 1.19 bits per heavy atom. The zero-order valence-electron chi connectivity index (χ0n) is 19.5. The summed E-state index contributed by atoms with van der Waals surface area (Å²) in [5.41, 5.74) is 2.57. The molecule has 8 nitrogen and oxygen atoms in total. The molecule has 1 amide bonds. The minimum atomic E-state index is -3.65. The molecule has 0 radical (unpaired) electrons. The summed E-state index contributed by atoms with van der Waals surface area (Å²) >= 11 is 0. The number of nitrogens with zero attached hydrogens (tertiary/aromatic N) is 3. The van der Waals surface area contributed by atoms with Crippen LogP contribution in [0, 0.1) is 13.8 Å². The number of nitrogens with one attached hydrogen (secondary N) is 1. The van der Waals surface area contributed by atoms with E-state index in [1.54, 1.807) is 26.1 Å². The quantitative estimate of drug-likeness (QED) is 0.712. The van der Waals surface area contributed by atoms with E-state index in [-0.39, 0.29) is 23.0 Å². The molecule has 0 spiro atoms. The van der Waals surface area contributed by atoms with E-state index in [0.29, 0.717) is 17.7 Å². The third-order valence-corrected chi connectivity index (χ3v) is 7.59. The second-order valence-electron chi connectivity index (χ2n) is 8.57. The number of sulfonamides is 1. The third-order valence-electron chi connectivity index (χ3n) is 5.65. The highest BCUT2D eigenvalue weighted by atomic mass is 32.2. The van der Waals surface area contributed by atoms with E-state index in [1.807, 2.05) is 12.1 Å². The topological polar surface area (TPSA) is 91.8 Å². The first-order valence-corrected chi connectivity index (χ1v) is 12.1. The van der Waals surface area contributed by atoms with Gasteiger partial charge in [-0.05, 0) is 62.6 Å². The Morgan fingerprint density at radius 3 is 2.41 bits per heavy atom. The van der Waals surface area contributed by atoms with Gasteiger partial charge in [-0.1, -0.05) is 6.07 Å². The Kier molecular flexibility index (Phi) is 7.22. The molecule has 0 aliphatic carbocycles. The van der Waals surface area contributed by atoms with Gasteiger partial charge in [0.1, 0.15) is 5.82 Å². The number of aromatic nitrogens is 1. The molecular formula is C23H32N4O4S. The average molecular weight is 461 g/mol. The molecule has 32 heavy (non-hydrogen) atoms. The first-order valence-electron chi connectivity index (χ1n) is 10.7. The van der Waals surface area contributed by atoms with Crippen LogP contribution in [0.25, 0.3) is 0 Å². The molecule has 2 unspecified atom stereocenters. The number of hydrogen-bond acceptors (Lipinski definition) is 6. The molecular weight excluding hydrogens is 428 g/mol. The van der Waals surface area contributed by atoms with Gasteiger partial charge in [0.05, 0.1) is 17.1 Å². The van der Waals surface area contributed by atoms with Gasteiger partial charge >= 0.3 is 0 Å². The first-order chi connectivity index (χ1) is 15.0. The number of amides is 1. The van der Waals surface area contributed by atoms with Crippen molar-refractivity contribution in [2.45, 2.75) is 51.3 Å². The van der Waals surface area contributed by atoms with Crippen LogP contribution in [0.5, 0.6) is 0 Å². The van der Waals surface area contributed by atoms with Crippen LogP contribution in [-0.2, 0) is 21.3 Å². The number of anilines is 1. The standard InChI is InChI=1S/C23H32N4O4S/c1-15-9-20(10-21(18(15)4)32(29,30)26(5)6)23(28)25-12-19-7-8-22(24-11-19)27-13-16(2)31-17(3)14-27/h7-11,16-17H,12-14H2,1-6H3,(H,25,28). The van der Waals surface area contributed by atoms with Gasteiger partial charge in [0.25, 0.3) is 5.91 Å². The highest BCUT2D eigenvalue weighted by Crippen LogP contribution is 2.23. The Morgan fingerprint density at radius 2 is 1.84 bits per heavy atom. The summed E-state index contributed by atoms with van der Waals surface area (Å²) in [5, 5.41) is 2.86. The molecule has 9 heteroatoms. The highest BCUT2D eigenvalue weighted by Gasteiger charge is 2.24. The number of morpholine rings is 1. The molecule has 1 aromatic carbocycles. The van der Waals surface area contributed by atoms with Crippen LogP contribution >= 0.6 is 0 Å². The molecule has 174 valence electrons. The first kappa shape index (κ1) is 24.2. The minimum Gasteiger partial charge on any atom is -0.372 e. The van der Waals surface area contributed by atoms with E-state index >= 15 is 0 Å². The number of benzene rings is 1. The monoisotopic (exact) mass is 460 g/mol. The number of ether oxygens (including phenoxy) is 1. The fourth-order valence-electron chi connectivity index (χ4n) is 3.78. The molecule has 1 aliphatic heterocycles. The molecule has 2 aromatic rings. The number of aryl methyl sites for hydroxylation is 1. The zero-order chi connectivity index (χ0) is 23.6. The van der Waals surface area contributed by atoms with Crippen LogP contribution < -0.4 is 10.2 Å². The second-order valence-corrected chi connectivity index (χ2v) is 10.7. The lowest BCUT2D eigenvalue weighted by Gasteiger charge is -2.36. The van der Waals surface area contributed by atoms with Crippen LogP contribution in [0.15, 0.2) is 35.4 Å². The Balaban J connectivity index is 1.70. The van der Waals surface area contributed by atoms with E-state index in [2.05, 4.69) is 29.0 Å². The molecule has 1 aliphatic rings. The summed E-state index contributed by atoms with van der Waals surface area (Å²) in [6.07, 6.45) is 2.06. The van der Waals surface area contributed by atoms with Gasteiger partial charge in [-0.2, -0.15) is 0 Å². The van der Waals surface area contributed by atoms with Gasteiger partial charge in [-0.25, -0.2) is 17.7 Å². The maximum atomic E-state index is 12.8. The van der Waals surface area contributed by atoms with Gasteiger partial charge in [0, 0.05) is 45.5 Å². The molecule has 1 aromatic heterocycles. The van der Waals surface area contributed by atoms with Crippen molar-refractivity contribution in [1.29, 1.82) is 0 Å². The molecule has 2 heterocycles. The SMILES string of the molecule is Cc1cc(C(=O)NCc2ccc(N3CC(C)OC(C)C3)nc2)cc(S(=O)(=O)N(C)C)c1C. The lowest BCUT2D eigenvalue weighted by Crippen LogP contribution is -2.45. The normalized spacial score (nSPS) is 19.3. The predicted octanol–water partition coefficient (Wildman–Crippen LogP) is 2.49. The molecule has 2 atom stereocenters.